The maximum atomic E-state index is 13.9. The molecule has 0 aromatic heterocycles. The third kappa shape index (κ3) is 4.03. The Kier molecular flexibility index (Phi) is 6.84. The Bertz CT molecular complexity index is 1380. The average molecular weight is 557 g/mol. The van der Waals surface area contributed by atoms with E-state index in [9.17, 15) is 39.6 Å². The summed E-state index contributed by atoms with van der Waals surface area (Å²) in [7, 11) is 3.08. The molecule has 4 atom stereocenters. The number of ether oxygens (including phenoxy) is 1. The van der Waals surface area contributed by atoms with Crippen LogP contribution in [0.1, 0.15) is 23.1 Å². The molecular weight excluding hydrogens is 524 g/mol. The van der Waals surface area contributed by atoms with Gasteiger partial charge in [0.05, 0.1) is 24.8 Å². The first kappa shape index (κ1) is 27.6. The number of fused-ring (bicyclic) bond motifs is 3. The van der Waals surface area contributed by atoms with E-state index in [0.29, 0.717) is 37.4 Å². The van der Waals surface area contributed by atoms with Crippen LogP contribution in [0.2, 0.25) is 0 Å². The molecule has 40 heavy (non-hydrogen) atoms. The maximum Gasteiger partial charge on any atom is 0.317 e. The number of nitrogens with two attached hydrogens (primary N) is 1. The van der Waals surface area contributed by atoms with Crippen LogP contribution in [0.3, 0.4) is 0 Å². The molecule has 1 aromatic carbocycles. The molecule has 0 unspecified atom stereocenters. The highest BCUT2D eigenvalue weighted by Gasteiger charge is 2.64. The number of phenolic OH excluding ortho intramolecular Hbond substituents is 1. The van der Waals surface area contributed by atoms with Crippen molar-refractivity contribution >= 4 is 29.3 Å². The Morgan fingerprint density at radius 3 is 2.48 bits per heavy atom. The number of primary amides is 1. The molecule has 13 nitrogen and oxygen atoms in total. The Morgan fingerprint density at radius 2 is 1.85 bits per heavy atom. The number of rotatable bonds is 4. The molecule has 5 rings (SSSR count). The van der Waals surface area contributed by atoms with Crippen LogP contribution in [0.5, 0.6) is 5.75 Å². The van der Waals surface area contributed by atoms with Crippen molar-refractivity contribution in [2.75, 3.05) is 40.4 Å². The molecule has 1 aromatic rings. The highest BCUT2D eigenvalue weighted by atomic mass is 16.5. The highest BCUT2D eigenvalue weighted by Crippen LogP contribution is 2.52. The Labute approximate surface area is 229 Å². The number of urea groups is 1. The number of phenols is 1. The lowest BCUT2D eigenvalue weighted by Gasteiger charge is -2.50. The van der Waals surface area contributed by atoms with Gasteiger partial charge in [-0.15, -0.1) is 0 Å². The first-order valence-corrected chi connectivity index (χ1v) is 13.0. The quantitative estimate of drug-likeness (QED) is 0.263. The first-order chi connectivity index (χ1) is 18.9. The summed E-state index contributed by atoms with van der Waals surface area (Å²) in [5.41, 5.74) is 2.66. The fraction of sp³-hybridized carbons (Fsp3) is 0.481. The number of carbonyl (C=O) groups excluding carboxylic acids is 4. The fourth-order valence-electron chi connectivity index (χ4n) is 6.52. The molecule has 7 N–H and O–H groups in total. The van der Waals surface area contributed by atoms with E-state index in [0.717, 1.165) is 0 Å². The van der Waals surface area contributed by atoms with Gasteiger partial charge in [-0.05, 0) is 50.0 Å². The number of amides is 3. The van der Waals surface area contributed by atoms with Crippen molar-refractivity contribution in [3.05, 3.63) is 45.7 Å². The molecule has 1 saturated heterocycles. The summed E-state index contributed by atoms with van der Waals surface area (Å²) in [4.78, 5) is 54.9. The summed E-state index contributed by atoms with van der Waals surface area (Å²) in [5, 5.41) is 47.4. The predicted molar refractivity (Wildman–Crippen MR) is 139 cm³/mol. The molecule has 0 radical (unpaired) electrons. The molecule has 3 amide bonds. The number of nitrogens with one attached hydrogen (secondary N) is 1. The summed E-state index contributed by atoms with van der Waals surface area (Å²) in [6.07, 6.45) is 0.132. The van der Waals surface area contributed by atoms with Gasteiger partial charge >= 0.3 is 6.03 Å². The Morgan fingerprint density at radius 1 is 1.18 bits per heavy atom. The van der Waals surface area contributed by atoms with Gasteiger partial charge in [-0.25, -0.2) is 4.79 Å². The number of aliphatic hydroxyl groups is 3. The smallest absolute Gasteiger partial charge is 0.317 e. The van der Waals surface area contributed by atoms with E-state index < -0.39 is 58.0 Å². The number of aromatic hydroxyl groups is 1. The van der Waals surface area contributed by atoms with Crippen LogP contribution >= 0.6 is 0 Å². The van der Waals surface area contributed by atoms with E-state index in [2.05, 4.69) is 5.32 Å². The summed E-state index contributed by atoms with van der Waals surface area (Å²) in [5.74, 6) is -7.04. The van der Waals surface area contributed by atoms with Crippen LogP contribution in [0.15, 0.2) is 29.0 Å². The average Bonchev–Trinajstić information content (AvgIpc) is 2.90. The molecule has 13 heteroatoms. The van der Waals surface area contributed by atoms with Gasteiger partial charge in [0.15, 0.2) is 11.4 Å². The second-order valence-corrected chi connectivity index (χ2v) is 10.8. The van der Waals surface area contributed by atoms with Gasteiger partial charge < -0.3 is 41.1 Å². The SMILES string of the molecule is CN(C)[C@@H]1C(=O)C(C(N)=O)=C(O)[C@@]2(O)C(=O)C3=C(O)c4c(O)ccc(CNC(=O)N5CCOCC5)c4C[C@H]3C[C@@H]12. The first-order valence-electron chi connectivity index (χ1n) is 13.0. The van der Waals surface area contributed by atoms with E-state index in [-0.39, 0.29) is 42.3 Å². The molecule has 1 saturated carbocycles. The van der Waals surface area contributed by atoms with Crippen LogP contribution < -0.4 is 11.1 Å². The van der Waals surface area contributed by atoms with Crippen LogP contribution in [0.4, 0.5) is 4.79 Å². The zero-order valence-electron chi connectivity index (χ0n) is 22.1. The minimum atomic E-state index is -2.69. The van der Waals surface area contributed by atoms with Crippen molar-refractivity contribution in [1.82, 2.24) is 15.1 Å². The van der Waals surface area contributed by atoms with Crippen molar-refractivity contribution in [2.24, 2.45) is 17.6 Å². The minimum absolute atomic E-state index is 0.0129. The van der Waals surface area contributed by atoms with E-state index in [1.54, 1.807) is 25.1 Å². The zero-order valence-corrected chi connectivity index (χ0v) is 22.1. The molecule has 0 spiro atoms. The maximum absolute atomic E-state index is 13.9. The van der Waals surface area contributed by atoms with Crippen LogP contribution in [-0.4, -0.2) is 106 Å². The predicted octanol–water partition coefficient (Wildman–Crippen LogP) is -0.494. The standard InChI is InChI=1S/C27H32N4O9/c1-30(2)20-15-10-13-9-14-12(11-29-26(38)31-5-7-40-8-6-31)3-4-16(32)18(14)21(33)17(13)23(35)27(15,39)24(36)19(22(20)34)25(28)37/h3-4,13,15,20,32-33,36,39H,5-11H2,1-2H3,(H2,28,37)(H,29,38)/t13-,15-,20-,27-/m0/s1. The van der Waals surface area contributed by atoms with E-state index in [1.807, 2.05) is 0 Å². The molecule has 0 bridgehead atoms. The second-order valence-electron chi connectivity index (χ2n) is 10.8. The molecule has 1 heterocycles. The number of hydrogen-bond acceptors (Lipinski definition) is 10. The molecule has 1 aliphatic heterocycles. The van der Waals surface area contributed by atoms with Gasteiger partial charge in [-0.2, -0.15) is 0 Å². The van der Waals surface area contributed by atoms with Gasteiger partial charge in [0, 0.05) is 31.1 Å². The van der Waals surface area contributed by atoms with Crippen LogP contribution in [0, 0.1) is 11.8 Å². The van der Waals surface area contributed by atoms with Crippen molar-refractivity contribution in [3.8, 4) is 5.75 Å². The number of Topliss-reactive ketones (excluding diaryl/α,β-unsaturated/α-hetero) is 2. The molecule has 2 fully saturated rings. The normalized spacial score (nSPS) is 28.3. The third-order valence-corrected chi connectivity index (χ3v) is 8.43. The fourth-order valence-corrected chi connectivity index (χ4v) is 6.52. The number of benzene rings is 1. The van der Waals surface area contributed by atoms with Crippen molar-refractivity contribution < 1.29 is 44.3 Å². The lowest BCUT2D eigenvalue weighted by Crippen LogP contribution is -2.65. The molecule has 4 aliphatic rings. The van der Waals surface area contributed by atoms with Gasteiger partial charge in [-0.1, -0.05) is 6.07 Å². The van der Waals surface area contributed by atoms with Crippen molar-refractivity contribution in [3.63, 3.8) is 0 Å². The lowest BCUT2D eigenvalue weighted by molar-refractivity contribution is -0.153. The molecule has 3 aliphatic carbocycles. The largest absolute Gasteiger partial charge is 0.508 e. The number of carbonyl (C=O) groups is 4. The molecule has 214 valence electrons. The monoisotopic (exact) mass is 556 g/mol. The Balaban J connectivity index is 1.56. The van der Waals surface area contributed by atoms with Gasteiger partial charge in [0.25, 0.3) is 5.91 Å². The van der Waals surface area contributed by atoms with Crippen LogP contribution in [0.25, 0.3) is 5.76 Å². The zero-order chi connectivity index (χ0) is 29.1. The number of ketones is 2. The van der Waals surface area contributed by atoms with E-state index in [4.69, 9.17) is 10.5 Å². The Hall–Kier alpha value is -3.94. The van der Waals surface area contributed by atoms with Crippen LogP contribution in [-0.2, 0) is 32.1 Å². The number of hydrogen-bond donors (Lipinski definition) is 6. The topological polar surface area (TPSA) is 203 Å². The number of likely N-dealkylation sites (N-methyl/N-ethyl adjacent to an activating group) is 1. The summed E-state index contributed by atoms with van der Waals surface area (Å²) >= 11 is 0. The number of aliphatic hydroxyl groups excluding tert-OH is 2. The van der Waals surface area contributed by atoms with Gasteiger partial charge in [0.2, 0.25) is 5.78 Å². The van der Waals surface area contributed by atoms with Gasteiger partial charge in [-0.3, -0.25) is 19.3 Å². The summed E-state index contributed by atoms with van der Waals surface area (Å²) in [6.45, 7) is 1.86. The third-order valence-electron chi connectivity index (χ3n) is 8.43. The van der Waals surface area contributed by atoms with Gasteiger partial charge in [0.1, 0.15) is 22.8 Å². The summed E-state index contributed by atoms with van der Waals surface area (Å²) in [6, 6.07) is 1.50. The minimum Gasteiger partial charge on any atom is -0.508 e. The van der Waals surface area contributed by atoms with E-state index in [1.165, 1.54) is 11.0 Å². The summed E-state index contributed by atoms with van der Waals surface area (Å²) < 4.78 is 5.28. The number of nitrogens with zero attached hydrogens (tertiary/aromatic N) is 2. The van der Waals surface area contributed by atoms with E-state index >= 15 is 0 Å². The second kappa shape index (κ2) is 9.91. The van der Waals surface area contributed by atoms with Crippen molar-refractivity contribution in [2.45, 2.75) is 31.0 Å². The highest BCUT2D eigenvalue weighted by molar-refractivity contribution is 6.24. The van der Waals surface area contributed by atoms with Crippen molar-refractivity contribution in [1.29, 1.82) is 0 Å². The number of morpholine rings is 1. The molecular formula is C27H32N4O9. The lowest BCUT2D eigenvalue weighted by atomic mass is 9.57.